The van der Waals surface area contributed by atoms with Crippen LogP contribution in [0.25, 0.3) is 0 Å². The van der Waals surface area contributed by atoms with Crippen molar-refractivity contribution in [2.45, 2.75) is 19.1 Å². The SMILES string of the molecule is COCC(N)C(=O)NCC(O)c1ccccc1C.Cl. The topological polar surface area (TPSA) is 84.6 Å². The van der Waals surface area contributed by atoms with Gasteiger partial charge in [-0.1, -0.05) is 24.3 Å². The highest BCUT2D eigenvalue weighted by Crippen LogP contribution is 2.16. The number of methoxy groups -OCH3 is 1. The molecule has 1 amide bonds. The summed E-state index contributed by atoms with van der Waals surface area (Å²) in [6.45, 7) is 2.21. The number of aliphatic hydroxyl groups excluding tert-OH is 1. The Morgan fingerprint density at radius 1 is 1.47 bits per heavy atom. The Morgan fingerprint density at radius 2 is 2.11 bits per heavy atom. The predicted molar refractivity (Wildman–Crippen MR) is 76.2 cm³/mol. The van der Waals surface area contributed by atoms with Gasteiger partial charge in [-0.3, -0.25) is 4.79 Å². The molecule has 1 rings (SSSR count). The van der Waals surface area contributed by atoms with E-state index in [9.17, 15) is 9.90 Å². The predicted octanol–water partition coefficient (Wildman–Crippen LogP) is 0.540. The Bertz CT molecular complexity index is 401. The van der Waals surface area contributed by atoms with E-state index in [0.29, 0.717) is 0 Å². The van der Waals surface area contributed by atoms with Crippen LogP contribution in [0.2, 0.25) is 0 Å². The number of amides is 1. The molecule has 0 heterocycles. The molecule has 5 nitrogen and oxygen atoms in total. The molecule has 0 bridgehead atoms. The number of hydrogen-bond donors (Lipinski definition) is 3. The van der Waals surface area contributed by atoms with Gasteiger partial charge >= 0.3 is 0 Å². The number of rotatable bonds is 6. The second kappa shape index (κ2) is 8.87. The van der Waals surface area contributed by atoms with Crippen LogP contribution >= 0.6 is 12.4 Å². The van der Waals surface area contributed by atoms with Gasteiger partial charge in [-0.15, -0.1) is 12.4 Å². The average molecular weight is 289 g/mol. The van der Waals surface area contributed by atoms with Crippen LogP contribution in [0.4, 0.5) is 0 Å². The van der Waals surface area contributed by atoms with Gasteiger partial charge in [-0.2, -0.15) is 0 Å². The van der Waals surface area contributed by atoms with Gasteiger partial charge in [0.2, 0.25) is 5.91 Å². The fourth-order valence-corrected chi connectivity index (χ4v) is 1.65. The molecule has 0 spiro atoms. The van der Waals surface area contributed by atoms with Crippen molar-refractivity contribution in [3.05, 3.63) is 35.4 Å². The molecule has 0 aliphatic rings. The van der Waals surface area contributed by atoms with Gasteiger partial charge in [0.15, 0.2) is 0 Å². The Balaban J connectivity index is 0.00000324. The van der Waals surface area contributed by atoms with Crippen LogP contribution in [0.15, 0.2) is 24.3 Å². The summed E-state index contributed by atoms with van der Waals surface area (Å²) in [5.41, 5.74) is 7.35. The van der Waals surface area contributed by atoms with E-state index in [1.165, 1.54) is 7.11 Å². The van der Waals surface area contributed by atoms with Crippen molar-refractivity contribution < 1.29 is 14.6 Å². The van der Waals surface area contributed by atoms with Gasteiger partial charge in [-0.05, 0) is 18.1 Å². The van der Waals surface area contributed by atoms with E-state index in [4.69, 9.17) is 10.5 Å². The van der Waals surface area contributed by atoms with Gasteiger partial charge in [0.1, 0.15) is 6.04 Å². The Labute approximate surface area is 119 Å². The summed E-state index contributed by atoms with van der Waals surface area (Å²) in [6, 6.07) is 6.79. The summed E-state index contributed by atoms with van der Waals surface area (Å²) in [5.74, 6) is -0.329. The quantitative estimate of drug-likeness (QED) is 0.713. The zero-order chi connectivity index (χ0) is 13.5. The number of nitrogens with one attached hydrogen (secondary N) is 1. The van der Waals surface area contributed by atoms with Crippen LogP contribution in [0.5, 0.6) is 0 Å². The van der Waals surface area contributed by atoms with E-state index in [2.05, 4.69) is 5.32 Å². The van der Waals surface area contributed by atoms with E-state index < -0.39 is 12.1 Å². The summed E-state index contributed by atoms with van der Waals surface area (Å²) in [7, 11) is 1.48. The molecule has 0 fully saturated rings. The maximum atomic E-state index is 11.5. The van der Waals surface area contributed by atoms with Crippen LogP contribution in [0.1, 0.15) is 17.2 Å². The summed E-state index contributed by atoms with van der Waals surface area (Å²) >= 11 is 0. The summed E-state index contributed by atoms with van der Waals surface area (Å²) in [6.07, 6.45) is -0.732. The highest BCUT2D eigenvalue weighted by atomic mass is 35.5. The van der Waals surface area contributed by atoms with E-state index in [0.717, 1.165) is 11.1 Å². The van der Waals surface area contributed by atoms with E-state index in [1.54, 1.807) is 0 Å². The number of aliphatic hydroxyl groups is 1. The monoisotopic (exact) mass is 288 g/mol. The van der Waals surface area contributed by atoms with Crippen molar-refractivity contribution in [3.63, 3.8) is 0 Å². The third kappa shape index (κ3) is 5.57. The lowest BCUT2D eigenvalue weighted by molar-refractivity contribution is -0.123. The fraction of sp³-hybridized carbons (Fsp3) is 0.462. The zero-order valence-electron chi connectivity index (χ0n) is 11.1. The lowest BCUT2D eigenvalue weighted by atomic mass is 10.0. The maximum Gasteiger partial charge on any atom is 0.239 e. The Hall–Kier alpha value is -1.14. The molecule has 0 radical (unpaired) electrons. The smallest absolute Gasteiger partial charge is 0.239 e. The Kier molecular flexibility index (Phi) is 8.34. The second-order valence-electron chi connectivity index (χ2n) is 4.18. The molecule has 19 heavy (non-hydrogen) atoms. The molecule has 1 aromatic carbocycles. The number of benzene rings is 1. The normalized spacial score (nSPS) is 13.3. The standard InChI is InChI=1S/C13H20N2O3.ClH/c1-9-5-3-4-6-10(9)12(16)7-15-13(17)11(14)8-18-2;/h3-6,11-12,16H,7-8,14H2,1-2H3,(H,15,17);1H. The number of carbonyl (C=O) groups is 1. The number of aryl methyl sites for hydroxylation is 1. The van der Waals surface area contributed by atoms with Crippen molar-refractivity contribution >= 4 is 18.3 Å². The first-order valence-corrected chi connectivity index (χ1v) is 5.82. The molecule has 0 saturated carbocycles. The maximum absolute atomic E-state index is 11.5. The molecular weight excluding hydrogens is 268 g/mol. The second-order valence-corrected chi connectivity index (χ2v) is 4.18. The molecule has 108 valence electrons. The molecule has 6 heteroatoms. The molecule has 0 aliphatic heterocycles. The van der Waals surface area contributed by atoms with Crippen molar-refractivity contribution in [1.29, 1.82) is 0 Å². The molecule has 2 unspecified atom stereocenters. The van der Waals surface area contributed by atoms with Crippen molar-refractivity contribution in [2.75, 3.05) is 20.3 Å². The van der Waals surface area contributed by atoms with E-state index in [1.807, 2.05) is 31.2 Å². The van der Waals surface area contributed by atoms with Gasteiger partial charge < -0.3 is 20.9 Å². The highest BCUT2D eigenvalue weighted by molar-refractivity contribution is 5.85. The molecule has 1 aromatic rings. The summed E-state index contributed by atoms with van der Waals surface area (Å²) in [4.78, 5) is 11.5. The Morgan fingerprint density at radius 3 is 2.68 bits per heavy atom. The van der Waals surface area contributed by atoms with Crippen LogP contribution < -0.4 is 11.1 Å². The van der Waals surface area contributed by atoms with Crippen LogP contribution in [0.3, 0.4) is 0 Å². The van der Waals surface area contributed by atoms with Gasteiger partial charge in [0.25, 0.3) is 0 Å². The third-order valence-corrected chi connectivity index (χ3v) is 2.70. The first kappa shape index (κ1) is 17.9. The first-order chi connectivity index (χ1) is 8.56. The molecule has 0 aromatic heterocycles. The van der Waals surface area contributed by atoms with Crippen LogP contribution in [-0.2, 0) is 9.53 Å². The molecular formula is C13H21ClN2O3. The number of halogens is 1. The van der Waals surface area contributed by atoms with Crippen LogP contribution in [-0.4, -0.2) is 37.3 Å². The van der Waals surface area contributed by atoms with E-state index >= 15 is 0 Å². The number of carbonyl (C=O) groups excluding carboxylic acids is 1. The number of ether oxygens (including phenoxy) is 1. The average Bonchev–Trinajstić information content (AvgIpc) is 2.36. The zero-order valence-corrected chi connectivity index (χ0v) is 11.9. The fourth-order valence-electron chi connectivity index (χ4n) is 1.65. The van der Waals surface area contributed by atoms with Gasteiger partial charge in [-0.25, -0.2) is 0 Å². The van der Waals surface area contributed by atoms with Crippen molar-refractivity contribution in [2.24, 2.45) is 5.73 Å². The summed E-state index contributed by atoms with van der Waals surface area (Å²) < 4.78 is 4.79. The molecule has 0 aliphatic carbocycles. The lowest BCUT2D eigenvalue weighted by Crippen LogP contribution is -2.44. The molecule has 2 atom stereocenters. The minimum atomic E-state index is -0.732. The third-order valence-electron chi connectivity index (χ3n) is 2.70. The minimum absolute atomic E-state index is 0. The summed E-state index contributed by atoms with van der Waals surface area (Å²) in [5, 5.41) is 12.6. The van der Waals surface area contributed by atoms with E-state index in [-0.39, 0.29) is 31.5 Å². The van der Waals surface area contributed by atoms with Gasteiger partial charge in [0.05, 0.1) is 12.7 Å². The van der Waals surface area contributed by atoms with Crippen molar-refractivity contribution in [3.8, 4) is 0 Å². The van der Waals surface area contributed by atoms with Crippen LogP contribution in [0, 0.1) is 6.92 Å². The minimum Gasteiger partial charge on any atom is -0.387 e. The largest absolute Gasteiger partial charge is 0.387 e. The highest BCUT2D eigenvalue weighted by Gasteiger charge is 2.15. The van der Waals surface area contributed by atoms with Gasteiger partial charge in [0, 0.05) is 13.7 Å². The molecule has 0 saturated heterocycles. The number of nitrogens with two attached hydrogens (primary N) is 1. The number of hydrogen-bond acceptors (Lipinski definition) is 4. The first-order valence-electron chi connectivity index (χ1n) is 5.82. The molecule has 4 N–H and O–H groups in total. The lowest BCUT2D eigenvalue weighted by Gasteiger charge is -2.16. The van der Waals surface area contributed by atoms with Crippen molar-refractivity contribution in [1.82, 2.24) is 5.32 Å².